The Balaban J connectivity index is 1.49. The largest absolute Gasteiger partial charge is 0.481 e. The number of amides is 1. The van der Waals surface area contributed by atoms with Crippen LogP contribution in [-0.4, -0.2) is 29.3 Å². The number of benzene rings is 2. The summed E-state index contributed by atoms with van der Waals surface area (Å²) in [6, 6.07) is 16.5. The lowest BCUT2D eigenvalue weighted by atomic mass is 9.93. The monoisotopic (exact) mass is 579 g/mol. The number of Topliss-reactive ketones (excluding diaryl/α,β-unsaturated/α-hetero) is 1. The minimum atomic E-state index is -0.556. The highest BCUT2D eigenvalue weighted by Crippen LogP contribution is 2.37. The Hall–Kier alpha value is -3.23. The van der Waals surface area contributed by atoms with Crippen molar-refractivity contribution in [3.8, 4) is 5.75 Å². The molecule has 0 spiro atoms. The fourth-order valence-electron chi connectivity index (χ4n) is 3.88. The normalized spacial score (nSPS) is 16.6. The summed E-state index contributed by atoms with van der Waals surface area (Å²) in [5, 5.41) is 2.97. The first-order valence-electron chi connectivity index (χ1n) is 10.6. The maximum Gasteiger partial charge on any atom is 0.251 e. The fraction of sp³-hybridized carbons (Fsp3) is 0.115. The van der Waals surface area contributed by atoms with Crippen LogP contribution in [-0.2, 0) is 0 Å². The van der Waals surface area contributed by atoms with Gasteiger partial charge in [0.2, 0.25) is 0 Å². The van der Waals surface area contributed by atoms with E-state index in [1.807, 2.05) is 48.2 Å². The molecule has 34 heavy (non-hydrogen) atoms. The number of anilines is 1. The molecule has 5 rings (SSSR count). The molecule has 0 saturated heterocycles. The predicted octanol–water partition coefficient (Wildman–Crippen LogP) is 5.58. The number of nitrogens with zero attached hydrogens (tertiary/aromatic N) is 2. The Morgan fingerprint density at radius 2 is 1.91 bits per heavy atom. The van der Waals surface area contributed by atoms with Crippen LogP contribution in [0.1, 0.15) is 26.3 Å². The SMILES string of the molecule is Cc1ccc(C(=O)NCC2=C[C@@H]3Oc4ccccc4C(=O)C3=CN2c2ncc(Br)cc2Br)cc1. The van der Waals surface area contributed by atoms with Crippen LogP contribution in [0.15, 0.2) is 93.3 Å². The number of halogens is 2. The molecule has 1 amide bonds. The molecular formula is C26H19Br2N3O3. The maximum absolute atomic E-state index is 13.2. The lowest BCUT2D eigenvalue weighted by molar-refractivity contribution is 0.0950. The van der Waals surface area contributed by atoms with Crippen molar-refractivity contribution in [2.75, 3.05) is 11.4 Å². The summed E-state index contributed by atoms with van der Waals surface area (Å²) in [6.07, 6.45) is 4.73. The highest BCUT2D eigenvalue weighted by atomic mass is 79.9. The van der Waals surface area contributed by atoms with Crippen LogP contribution in [0.25, 0.3) is 0 Å². The molecule has 0 fully saturated rings. The number of fused-ring (bicyclic) bond motifs is 2. The smallest absolute Gasteiger partial charge is 0.251 e. The summed E-state index contributed by atoms with van der Waals surface area (Å²) in [4.78, 5) is 32.3. The van der Waals surface area contributed by atoms with Gasteiger partial charge in [0, 0.05) is 28.1 Å². The summed E-state index contributed by atoms with van der Waals surface area (Å²) < 4.78 is 7.68. The molecule has 2 aliphatic rings. The number of ketones is 1. The summed E-state index contributed by atoms with van der Waals surface area (Å²) in [7, 11) is 0. The molecule has 0 bridgehead atoms. The van der Waals surface area contributed by atoms with Crippen molar-refractivity contribution in [1.29, 1.82) is 0 Å². The molecule has 8 heteroatoms. The number of hydrogen-bond donors (Lipinski definition) is 1. The van der Waals surface area contributed by atoms with Crippen molar-refractivity contribution in [1.82, 2.24) is 10.3 Å². The third kappa shape index (κ3) is 4.31. The lowest BCUT2D eigenvalue weighted by Gasteiger charge is -2.34. The maximum atomic E-state index is 13.2. The van der Waals surface area contributed by atoms with Gasteiger partial charge in [-0.15, -0.1) is 0 Å². The lowest BCUT2D eigenvalue weighted by Crippen LogP contribution is -2.39. The molecule has 1 atom stereocenters. The van der Waals surface area contributed by atoms with Gasteiger partial charge < -0.3 is 15.0 Å². The van der Waals surface area contributed by atoms with Crippen LogP contribution >= 0.6 is 31.9 Å². The average molecular weight is 581 g/mol. The van der Waals surface area contributed by atoms with Crippen molar-refractivity contribution in [2.45, 2.75) is 13.0 Å². The van der Waals surface area contributed by atoms with E-state index in [1.165, 1.54) is 0 Å². The van der Waals surface area contributed by atoms with Gasteiger partial charge in [-0.25, -0.2) is 4.98 Å². The highest BCUT2D eigenvalue weighted by molar-refractivity contribution is 9.11. The van der Waals surface area contributed by atoms with Crippen LogP contribution in [0.2, 0.25) is 0 Å². The minimum Gasteiger partial charge on any atom is -0.481 e. The first kappa shape index (κ1) is 22.6. The zero-order chi connectivity index (χ0) is 23.8. The Bertz CT molecular complexity index is 1370. The number of pyridine rings is 1. The molecular weight excluding hydrogens is 562 g/mol. The standard InChI is InChI=1S/C26H19Br2N3O3/c1-15-6-8-16(9-7-15)26(33)30-13-18-11-23-20(24(32)19-4-2-3-5-22(19)34-23)14-31(18)25-21(28)10-17(27)12-29-25/h2-12,14,23H,13H2,1H3,(H,30,33)/t23-/m0/s1. The zero-order valence-electron chi connectivity index (χ0n) is 18.1. The Labute approximate surface area is 213 Å². The Kier molecular flexibility index (Phi) is 6.10. The van der Waals surface area contributed by atoms with Crippen molar-refractivity contribution >= 4 is 49.4 Å². The number of carbonyl (C=O) groups excluding carboxylic acids is 2. The van der Waals surface area contributed by atoms with E-state index in [0.29, 0.717) is 28.3 Å². The molecule has 2 aromatic carbocycles. The van der Waals surface area contributed by atoms with E-state index in [4.69, 9.17) is 4.74 Å². The van der Waals surface area contributed by atoms with Gasteiger partial charge in [0.25, 0.3) is 5.91 Å². The van der Waals surface area contributed by atoms with Gasteiger partial charge in [-0.2, -0.15) is 0 Å². The van der Waals surface area contributed by atoms with E-state index in [2.05, 4.69) is 42.2 Å². The quantitative estimate of drug-likeness (QED) is 0.436. The molecule has 2 aliphatic heterocycles. The minimum absolute atomic E-state index is 0.0934. The van der Waals surface area contributed by atoms with E-state index in [1.54, 1.807) is 36.7 Å². The van der Waals surface area contributed by atoms with Crippen molar-refractivity contribution in [3.63, 3.8) is 0 Å². The molecule has 170 valence electrons. The fourth-order valence-corrected chi connectivity index (χ4v) is 5.06. The Morgan fingerprint density at radius 3 is 2.68 bits per heavy atom. The highest BCUT2D eigenvalue weighted by Gasteiger charge is 2.35. The molecule has 1 aromatic heterocycles. The van der Waals surface area contributed by atoms with Crippen molar-refractivity contribution in [3.05, 3.63) is 110 Å². The molecule has 1 N–H and O–H groups in total. The number of hydrogen-bond acceptors (Lipinski definition) is 5. The number of aromatic nitrogens is 1. The zero-order valence-corrected chi connectivity index (χ0v) is 21.3. The first-order chi connectivity index (χ1) is 16.4. The summed E-state index contributed by atoms with van der Waals surface area (Å²) in [6.45, 7) is 2.19. The second-order valence-electron chi connectivity index (χ2n) is 7.98. The van der Waals surface area contributed by atoms with Gasteiger partial charge in [0.1, 0.15) is 11.9 Å². The van der Waals surface area contributed by atoms with Gasteiger partial charge in [-0.1, -0.05) is 29.8 Å². The molecule has 3 heterocycles. The summed E-state index contributed by atoms with van der Waals surface area (Å²) in [5.41, 5.74) is 3.42. The molecule has 0 saturated carbocycles. The van der Waals surface area contributed by atoms with Gasteiger partial charge in [0.15, 0.2) is 11.6 Å². The molecule has 0 aliphatic carbocycles. The van der Waals surface area contributed by atoms with Crippen LogP contribution in [0.3, 0.4) is 0 Å². The Morgan fingerprint density at radius 1 is 1.15 bits per heavy atom. The van der Waals surface area contributed by atoms with Gasteiger partial charge in [-0.3, -0.25) is 9.59 Å². The van der Waals surface area contributed by atoms with Gasteiger partial charge in [0.05, 0.1) is 22.2 Å². The average Bonchev–Trinajstić information content (AvgIpc) is 2.83. The van der Waals surface area contributed by atoms with E-state index < -0.39 is 6.10 Å². The third-order valence-electron chi connectivity index (χ3n) is 5.64. The summed E-state index contributed by atoms with van der Waals surface area (Å²) in [5.74, 6) is 0.857. The van der Waals surface area contributed by atoms with Gasteiger partial charge in [-0.05, 0) is 75.2 Å². The van der Waals surface area contributed by atoms with Gasteiger partial charge >= 0.3 is 0 Å². The van der Waals surface area contributed by atoms with Crippen LogP contribution in [0, 0.1) is 6.92 Å². The topological polar surface area (TPSA) is 71.5 Å². The molecule has 3 aromatic rings. The number of aryl methyl sites for hydroxylation is 1. The molecule has 0 unspecified atom stereocenters. The van der Waals surface area contributed by atoms with Crippen LogP contribution < -0.4 is 15.0 Å². The second-order valence-corrected chi connectivity index (χ2v) is 9.75. The predicted molar refractivity (Wildman–Crippen MR) is 137 cm³/mol. The number of carbonyl (C=O) groups is 2. The van der Waals surface area contributed by atoms with E-state index in [0.717, 1.165) is 20.2 Å². The van der Waals surface area contributed by atoms with Crippen LogP contribution in [0.5, 0.6) is 5.75 Å². The third-order valence-corrected chi connectivity index (χ3v) is 6.65. The van der Waals surface area contributed by atoms with Crippen molar-refractivity contribution in [2.24, 2.45) is 0 Å². The van der Waals surface area contributed by atoms with Crippen LogP contribution in [0.4, 0.5) is 5.82 Å². The first-order valence-corrected chi connectivity index (χ1v) is 12.2. The molecule has 6 nitrogen and oxygen atoms in total. The van der Waals surface area contributed by atoms with E-state index in [9.17, 15) is 9.59 Å². The van der Waals surface area contributed by atoms with E-state index >= 15 is 0 Å². The number of para-hydroxylation sites is 1. The van der Waals surface area contributed by atoms with E-state index in [-0.39, 0.29) is 18.2 Å². The summed E-state index contributed by atoms with van der Waals surface area (Å²) >= 11 is 7.00. The second kappa shape index (κ2) is 9.19. The number of ether oxygens (including phenoxy) is 1. The van der Waals surface area contributed by atoms with Crippen molar-refractivity contribution < 1.29 is 14.3 Å². The molecule has 0 radical (unpaired) electrons. The number of nitrogens with one attached hydrogen (secondary N) is 1. The number of rotatable bonds is 4.